The third-order valence-electron chi connectivity index (χ3n) is 2.60. The molecule has 130 valence electrons. The van der Waals surface area contributed by atoms with Crippen LogP contribution in [0.5, 0.6) is 0 Å². The number of ether oxygens (including phenoxy) is 1. The van der Waals surface area contributed by atoms with E-state index in [-0.39, 0.29) is 6.54 Å². The molecular formula is C15H20BrClF2N2O2. The van der Waals surface area contributed by atoms with Gasteiger partial charge in [0.15, 0.2) is 0 Å². The van der Waals surface area contributed by atoms with Crippen LogP contribution in [0.2, 0.25) is 5.02 Å². The molecule has 23 heavy (non-hydrogen) atoms. The minimum atomic E-state index is -3.09. The summed E-state index contributed by atoms with van der Waals surface area (Å²) in [5.41, 5.74) is 0.0867. The molecule has 0 aliphatic rings. The van der Waals surface area contributed by atoms with Crippen molar-refractivity contribution in [2.45, 2.75) is 38.8 Å². The summed E-state index contributed by atoms with van der Waals surface area (Å²) in [6, 6.07) is 5.13. The SMILES string of the molecule is CC(C)(C)OC(=O)NCC(F)(F)CNCc1ccc(Cl)cc1Br. The van der Waals surface area contributed by atoms with Crippen molar-refractivity contribution in [3.63, 3.8) is 0 Å². The fourth-order valence-electron chi connectivity index (χ4n) is 1.62. The molecular weight excluding hydrogens is 394 g/mol. The molecule has 0 aromatic heterocycles. The number of alkyl carbamates (subject to hydrolysis) is 1. The van der Waals surface area contributed by atoms with Crippen LogP contribution in [0, 0.1) is 0 Å². The number of halogens is 4. The molecule has 0 bridgehead atoms. The zero-order chi connectivity index (χ0) is 17.7. The Hall–Kier alpha value is -0.920. The number of benzene rings is 1. The summed E-state index contributed by atoms with van der Waals surface area (Å²) in [5, 5.41) is 5.29. The minimum absolute atomic E-state index is 0.250. The Kier molecular flexibility index (Phi) is 7.23. The molecule has 0 aliphatic heterocycles. The Morgan fingerprint density at radius 3 is 2.52 bits per heavy atom. The molecule has 0 heterocycles. The summed E-state index contributed by atoms with van der Waals surface area (Å²) >= 11 is 9.14. The molecule has 0 fully saturated rings. The lowest BCUT2D eigenvalue weighted by atomic mass is 10.2. The summed E-state index contributed by atoms with van der Waals surface area (Å²) in [5.74, 6) is -3.09. The largest absolute Gasteiger partial charge is 0.444 e. The van der Waals surface area contributed by atoms with Crippen molar-refractivity contribution >= 4 is 33.6 Å². The molecule has 8 heteroatoms. The Balaban J connectivity index is 2.39. The third-order valence-corrected chi connectivity index (χ3v) is 3.58. The monoisotopic (exact) mass is 412 g/mol. The molecule has 0 saturated carbocycles. The number of hydrogen-bond donors (Lipinski definition) is 2. The quantitative estimate of drug-likeness (QED) is 0.729. The lowest BCUT2D eigenvalue weighted by molar-refractivity contribution is -0.00377. The number of hydrogen-bond acceptors (Lipinski definition) is 3. The highest BCUT2D eigenvalue weighted by Crippen LogP contribution is 2.21. The molecule has 0 atom stereocenters. The van der Waals surface area contributed by atoms with E-state index >= 15 is 0 Å². The summed E-state index contributed by atoms with van der Waals surface area (Å²) < 4.78 is 33.1. The van der Waals surface area contributed by atoms with Gasteiger partial charge >= 0.3 is 6.09 Å². The van der Waals surface area contributed by atoms with E-state index in [2.05, 4.69) is 26.6 Å². The minimum Gasteiger partial charge on any atom is -0.444 e. The smallest absolute Gasteiger partial charge is 0.407 e. The first-order valence-corrected chi connectivity index (χ1v) is 8.15. The highest BCUT2D eigenvalue weighted by Gasteiger charge is 2.30. The van der Waals surface area contributed by atoms with Crippen LogP contribution >= 0.6 is 27.5 Å². The van der Waals surface area contributed by atoms with Crippen LogP contribution in [0.4, 0.5) is 13.6 Å². The summed E-state index contributed by atoms with van der Waals surface area (Å²) in [7, 11) is 0. The third kappa shape index (κ3) is 8.48. The Labute approximate surface area is 148 Å². The van der Waals surface area contributed by atoms with Gasteiger partial charge in [0.2, 0.25) is 0 Å². The van der Waals surface area contributed by atoms with Crippen LogP contribution in [0.25, 0.3) is 0 Å². The molecule has 2 N–H and O–H groups in total. The standard InChI is InChI=1S/C15H20BrClF2N2O2/c1-14(2,3)23-13(22)21-9-15(18,19)8-20-7-10-4-5-11(17)6-12(10)16/h4-6,20H,7-9H2,1-3H3,(H,21,22). The number of amides is 1. The highest BCUT2D eigenvalue weighted by molar-refractivity contribution is 9.10. The van der Waals surface area contributed by atoms with Crippen molar-refractivity contribution in [2.24, 2.45) is 0 Å². The fourth-order valence-corrected chi connectivity index (χ4v) is 2.45. The van der Waals surface area contributed by atoms with Gasteiger partial charge in [-0.3, -0.25) is 0 Å². The normalized spacial score (nSPS) is 12.1. The first-order chi connectivity index (χ1) is 10.5. The second kappa shape index (κ2) is 8.26. The van der Waals surface area contributed by atoms with Gasteiger partial charge in [0.1, 0.15) is 5.60 Å². The molecule has 1 aromatic carbocycles. The van der Waals surface area contributed by atoms with Crippen LogP contribution < -0.4 is 10.6 Å². The van der Waals surface area contributed by atoms with Crippen LogP contribution in [0.1, 0.15) is 26.3 Å². The van der Waals surface area contributed by atoms with E-state index in [9.17, 15) is 13.6 Å². The molecule has 0 radical (unpaired) electrons. The summed E-state index contributed by atoms with van der Waals surface area (Å²) in [6.45, 7) is 3.87. The average molecular weight is 414 g/mol. The predicted octanol–water partition coefficient (Wildman–Crippen LogP) is 4.35. The molecule has 1 rings (SSSR count). The van der Waals surface area contributed by atoms with Crippen LogP contribution in [-0.4, -0.2) is 30.7 Å². The number of rotatable bonds is 6. The maximum absolute atomic E-state index is 13.7. The number of carbonyl (C=O) groups is 1. The number of nitrogens with one attached hydrogen (secondary N) is 2. The zero-order valence-corrected chi connectivity index (χ0v) is 15.5. The molecule has 0 saturated heterocycles. The van der Waals surface area contributed by atoms with Gasteiger partial charge in [-0.05, 0) is 38.5 Å². The molecule has 0 spiro atoms. The van der Waals surface area contributed by atoms with E-state index in [1.54, 1.807) is 39.0 Å². The van der Waals surface area contributed by atoms with Crippen molar-refractivity contribution in [1.82, 2.24) is 10.6 Å². The van der Waals surface area contributed by atoms with Gasteiger partial charge in [-0.15, -0.1) is 0 Å². The zero-order valence-electron chi connectivity index (χ0n) is 13.2. The van der Waals surface area contributed by atoms with Crippen molar-refractivity contribution < 1.29 is 18.3 Å². The maximum atomic E-state index is 13.7. The van der Waals surface area contributed by atoms with E-state index in [1.807, 2.05) is 0 Å². The predicted molar refractivity (Wildman–Crippen MR) is 90.0 cm³/mol. The van der Waals surface area contributed by atoms with Crippen molar-refractivity contribution in [3.8, 4) is 0 Å². The van der Waals surface area contributed by atoms with E-state index < -0.39 is 30.7 Å². The van der Waals surface area contributed by atoms with E-state index in [0.717, 1.165) is 10.0 Å². The molecule has 1 amide bonds. The second-order valence-electron chi connectivity index (χ2n) is 6.05. The van der Waals surface area contributed by atoms with E-state index in [1.165, 1.54) is 0 Å². The average Bonchev–Trinajstić information content (AvgIpc) is 2.37. The van der Waals surface area contributed by atoms with Gasteiger partial charge in [0.05, 0.1) is 13.1 Å². The van der Waals surface area contributed by atoms with Gasteiger partial charge < -0.3 is 15.4 Å². The van der Waals surface area contributed by atoms with Gasteiger partial charge in [-0.2, -0.15) is 0 Å². The number of carbonyl (C=O) groups excluding carboxylic acids is 1. The Morgan fingerprint density at radius 1 is 1.30 bits per heavy atom. The lowest BCUT2D eigenvalue weighted by Crippen LogP contribution is -2.44. The fraction of sp³-hybridized carbons (Fsp3) is 0.533. The van der Waals surface area contributed by atoms with Crippen molar-refractivity contribution in [2.75, 3.05) is 13.1 Å². The van der Waals surface area contributed by atoms with Gasteiger partial charge in [-0.25, -0.2) is 13.6 Å². The molecule has 0 aliphatic carbocycles. The molecule has 1 aromatic rings. The Bertz CT molecular complexity index is 551. The summed E-state index contributed by atoms with van der Waals surface area (Å²) in [4.78, 5) is 11.4. The molecule has 4 nitrogen and oxygen atoms in total. The van der Waals surface area contributed by atoms with Crippen molar-refractivity contribution in [1.29, 1.82) is 0 Å². The van der Waals surface area contributed by atoms with Crippen LogP contribution in [-0.2, 0) is 11.3 Å². The topological polar surface area (TPSA) is 50.4 Å². The first kappa shape index (κ1) is 20.1. The van der Waals surface area contributed by atoms with Crippen LogP contribution in [0.15, 0.2) is 22.7 Å². The van der Waals surface area contributed by atoms with Crippen molar-refractivity contribution in [3.05, 3.63) is 33.3 Å². The number of alkyl halides is 2. The van der Waals surface area contributed by atoms with Crippen LogP contribution in [0.3, 0.4) is 0 Å². The maximum Gasteiger partial charge on any atom is 0.407 e. The second-order valence-corrected chi connectivity index (χ2v) is 7.34. The highest BCUT2D eigenvalue weighted by atomic mass is 79.9. The van der Waals surface area contributed by atoms with E-state index in [0.29, 0.717) is 5.02 Å². The van der Waals surface area contributed by atoms with Gasteiger partial charge in [0.25, 0.3) is 5.92 Å². The lowest BCUT2D eigenvalue weighted by Gasteiger charge is -2.22. The van der Waals surface area contributed by atoms with Gasteiger partial charge in [-0.1, -0.05) is 33.6 Å². The molecule has 0 unspecified atom stereocenters. The Morgan fingerprint density at radius 2 is 1.96 bits per heavy atom. The van der Waals surface area contributed by atoms with Gasteiger partial charge in [0, 0.05) is 16.0 Å². The first-order valence-electron chi connectivity index (χ1n) is 6.98. The summed E-state index contributed by atoms with van der Waals surface area (Å²) in [6.07, 6.45) is -0.863. The van der Waals surface area contributed by atoms with E-state index in [4.69, 9.17) is 16.3 Å².